The first-order chi connectivity index (χ1) is 28.6. The first-order valence-electron chi connectivity index (χ1n) is 22.4. The molecule has 3 nitrogen and oxygen atoms in total. The van der Waals surface area contributed by atoms with Crippen LogP contribution in [0, 0.1) is 40.4 Å². The molecular formula is C55H43N3. The van der Waals surface area contributed by atoms with Gasteiger partial charge in [-0.25, -0.2) is 0 Å². The predicted octanol–water partition coefficient (Wildman–Crippen LogP) is 12.9. The second-order valence-corrected chi connectivity index (χ2v) is 20.3. The molecule has 8 aromatic rings. The smallest absolute Gasteiger partial charge is 0.0995 e. The summed E-state index contributed by atoms with van der Waals surface area (Å²) in [5, 5.41) is 30.2. The normalized spacial score (nSPS) is 27.9. The van der Waals surface area contributed by atoms with E-state index in [-0.39, 0.29) is 17.3 Å². The number of aromatic nitrogens is 1. The van der Waals surface area contributed by atoms with Crippen LogP contribution in [0.5, 0.6) is 0 Å². The van der Waals surface area contributed by atoms with Gasteiger partial charge in [-0.15, -0.1) is 0 Å². The zero-order valence-corrected chi connectivity index (χ0v) is 32.8. The van der Waals surface area contributed by atoms with Gasteiger partial charge in [-0.05, 0) is 172 Å². The van der Waals surface area contributed by atoms with Crippen molar-refractivity contribution in [1.29, 1.82) is 10.5 Å². The van der Waals surface area contributed by atoms with Crippen molar-refractivity contribution in [2.45, 2.75) is 99.7 Å². The second-order valence-electron chi connectivity index (χ2n) is 20.3. The third-order valence-electron chi connectivity index (χ3n) is 17.8. The maximum Gasteiger partial charge on any atom is 0.0995 e. The highest BCUT2D eigenvalue weighted by atomic mass is 14.9. The Morgan fingerprint density at radius 3 is 1.81 bits per heavy atom. The summed E-state index contributed by atoms with van der Waals surface area (Å²) in [6, 6.07) is 38.4. The van der Waals surface area contributed by atoms with Gasteiger partial charge >= 0.3 is 0 Å². The number of nitrogens with zero attached hydrogens (tertiary/aromatic N) is 3. The van der Waals surface area contributed by atoms with Gasteiger partial charge < -0.3 is 4.40 Å². The molecule has 2 heterocycles. The van der Waals surface area contributed by atoms with Crippen LogP contribution in [-0.4, -0.2) is 4.40 Å². The largest absolute Gasteiger partial charge is 0.308 e. The Hall–Kier alpha value is -5.64. The van der Waals surface area contributed by atoms with Gasteiger partial charge in [0, 0.05) is 33.4 Å². The third kappa shape index (κ3) is 3.50. The van der Waals surface area contributed by atoms with E-state index in [1.165, 1.54) is 147 Å². The van der Waals surface area contributed by atoms with Gasteiger partial charge in [0.15, 0.2) is 0 Å². The van der Waals surface area contributed by atoms with Crippen molar-refractivity contribution in [3.05, 3.63) is 146 Å². The summed E-state index contributed by atoms with van der Waals surface area (Å²) in [5.41, 5.74) is 18.1. The van der Waals surface area contributed by atoms with Crippen molar-refractivity contribution >= 4 is 48.9 Å². The summed E-state index contributed by atoms with van der Waals surface area (Å²) in [4.78, 5) is 0. The molecule has 9 aliphatic carbocycles. The monoisotopic (exact) mass is 745 g/mol. The van der Waals surface area contributed by atoms with Gasteiger partial charge in [0.2, 0.25) is 0 Å². The molecule has 2 aromatic heterocycles. The zero-order valence-electron chi connectivity index (χ0n) is 32.8. The number of rotatable bonds is 1. The molecule has 17 rings (SSSR count). The Bertz CT molecular complexity index is 3230. The summed E-state index contributed by atoms with van der Waals surface area (Å²) in [6.45, 7) is 0. The van der Waals surface area contributed by atoms with Gasteiger partial charge in [-0.3, -0.25) is 0 Å². The number of hydrogen-bond acceptors (Lipinski definition) is 2. The Kier molecular flexibility index (Phi) is 5.58. The van der Waals surface area contributed by atoms with Crippen molar-refractivity contribution in [3.8, 4) is 12.1 Å². The quantitative estimate of drug-likeness (QED) is 0.168. The minimum Gasteiger partial charge on any atom is -0.308 e. The maximum absolute atomic E-state index is 11.2. The molecule has 3 heteroatoms. The molecule has 0 saturated heterocycles. The summed E-state index contributed by atoms with van der Waals surface area (Å²) < 4.78 is 2.52. The van der Waals surface area contributed by atoms with Crippen LogP contribution >= 0.6 is 0 Å². The van der Waals surface area contributed by atoms with E-state index in [0.29, 0.717) is 5.41 Å². The number of hydrogen-bond donors (Lipinski definition) is 0. The summed E-state index contributed by atoms with van der Waals surface area (Å²) in [5.74, 6) is 2.76. The van der Waals surface area contributed by atoms with E-state index in [1.807, 2.05) is 0 Å². The molecule has 0 radical (unpaired) electrons. The SMILES string of the molecule is N#Cc1cc2c(c3c1C1c4ccccc4C3c3ccccc31)c1c3ccc(C45CC6CC(CC(C6)C4)C5)cc3cc3c4c5c(c(C#N)cc4n2c31)C1(CCCC1)CC5. The summed E-state index contributed by atoms with van der Waals surface area (Å²) in [7, 11) is 0. The van der Waals surface area contributed by atoms with E-state index >= 15 is 0 Å². The fourth-order valence-electron chi connectivity index (χ4n) is 16.3. The van der Waals surface area contributed by atoms with Crippen LogP contribution in [0.4, 0.5) is 0 Å². The maximum atomic E-state index is 11.2. The molecule has 0 amide bonds. The first kappa shape index (κ1) is 31.4. The highest BCUT2D eigenvalue weighted by Crippen LogP contribution is 2.63. The van der Waals surface area contributed by atoms with Gasteiger partial charge in [-0.2, -0.15) is 10.5 Å². The Morgan fingerprint density at radius 1 is 0.569 bits per heavy atom. The molecular weight excluding hydrogens is 703 g/mol. The number of aryl methyl sites for hydroxylation is 1. The Balaban J connectivity index is 1.12. The number of nitriles is 2. The van der Waals surface area contributed by atoms with Gasteiger partial charge in [0.05, 0.1) is 39.8 Å². The molecule has 5 saturated carbocycles. The summed E-state index contributed by atoms with van der Waals surface area (Å²) >= 11 is 0. The minimum atomic E-state index is 0.0215. The third-order valence-corrected chi connectivity index (χ3v) is 17.8. The lowest BCUT2D eigenvalue weighted by Gasteiger charge is -2.57. The molecule has 0 atom stereocenters. The lowest BCUT2D eigenvalue weighted by Crippen LogP contribution is -2.48. The van der Waals surface area contributed by atoms with Crippen molar-refractivity contribution < 1.29 is 0 Å². The van der Waals surface area contributed by atoms with Gasteiger partial charge in [-0.1, -0.05) is 79.6 Å². The predicted molar refractivity (Wildman–Crippen MR) is 231 cm³/mol. The molecule has 278 valence electrons. The van der Waals surface area contributed by atoms with Crippen LogP contribution in [-0.2, 0) is 17.3 Å². The highest BCUT2D eigenvalue weighted by Gasteiger charge is 2.52. The van der Waals surface area contributed by atoms with Gasteiger partial charge in [0.25, 0.3) is 0 Å². The molecule has 6 bridgehead atoms. The second kappa shape index (κ2) is 10.3. The van der Waals surface area contributed by atoms with Gasteiger partial charge in [0.1, 0.15) is 0 Å². The topological polar surface area (TPSA) is 52.0 Å². The van der Waals surface area contributed by atoms with Crippen LogP contribution in [0.2, 0.25) is 0 Å². The minimum absolute atomic E-state index is 0.0215. The van der Waals surface area contributed by atoms with E-state index in [1.54, 1.807) is 5.56 Å². The van der Waals surface area contributed by atoms with E-state index in [4.69, 9.17) is 0 Å². The molecule has 0 unspecified atom stereocenters. The van der Waals surface area contributed by atoms with Crippen LogP contribution in [0.3, 0.4) is 0 Å². The molecule has 58 heavy (non-hydrogen) atoms. The first-order valence-corrected chi connectivity index (χ1v) is 22.4. The fourth-order valence-corrected chi connectivity index (χ4v) is 16.3. The fraction of sp³-hybridized carbons (Fsp3) is 0.345. The van der Waals surface area contributed by atoms with E-state index in [9.17, 15) is 10.5 Å². The van der Waals surface area contributed by atoms with Crippen molar-refractivity contribution in [2.24, 2.45) is 17.8 Å². The van der Waals surface area contributed by atoms with E-state index in [2.05, 4.69) is 101 Å². The lowest BCUT2D eigenvalue weighted by atomic mass is 9.48. The molecule has 0 N–H and O–H groups in total. The zero-order chi connectivity index (χ0) is 37.8. The van der Waals surface area contributed by atoms with Crippen molar-refractivity contribution in [3.63, 3.8) is 0 Å². The Morgan fingerprint density at radius 2 is 1.17 bits per heavy atom. The average molecular weight is 746 g/mol. The van der Waals surface area contributed by atoms with Crippen LogP contribution < -0.4 is 0 Å². The molecule has 6 aromatic carbocycles. The van der Waals surface area contributed by atoms with Crippen LogP contribution in [0.1, 0.15) is 144 Å². The van der Waals surface area contributed by atoms with Crippen LogP contribution in [0.15, 0.2) is 84.9 Å². The number of benzene rings is 6. The molecule has 9 aliphatic rings. The number of fused-ring (bicyclic) bond motifs is 11. The molecule has 0 aliphatic heterocycles. The Labute approximate surface area is 338 Å². The van der Waals surface area contributed by atoms with Crippen molar-refractivity contribution in [2.75, 3.05) is 0 Å². The molecule has 1 spiro atoms. The van der Waals surface area contributed by atoms with E-state index in [0.717, 1.165) is 52.8 Å². The van der Waals surface area contributed by atoms with Crippen LogP contribution in [0.25, 0.3) is 48.9 Å². The standard InChI is InChI=1S/C55H43N3/c56-27-33-22-44-50(51-45(33)47-37-7-1-3-9-39(37)48(51)40-10-4-2-8-38(40)47)49-36-12-11-35(55-24-29-17-30(25-55)19-31(18-29)26-55)20-32(36)21-42-46-41-13-16-54(14-5-6-15-54)52(41)34(28-57)23-43(46)58(44)53(42)49/h1-4,7-12,20-23,29-31,47-48H,5-6,13-19,24-26H2. The highest BCUT2D eigenvalue weighted by molar-refractivity contribution is 6.33. The summed E-state index contributed by atoms with van der Waals surface area (Å²) in [6.07, 6.45) is 15.6. The average Bonchev–Trinajstić information content (AvgIpc) is 4.04. The van der Waals surface area contributed by atoms with Crippen molar-refractivity contribution in [1.82, 2.24) is 4.40 Å². The molecule has 5 fully saturated rings. The van der Waals surface area contributed by atoms with E-state index < -0.39 is 0 Å². The lowest BCUT2D eigenvalue weighted by molar-refractivity contribution is -0.00512.